The van der Waals surface area contributed by atoms with E-state index in [1.807, 2.05) is 0 Å². The van der Waals surface area contributed by atoms with Crippen molar-refractivity contribution in [2.24, 2.45) is 0 Å². The number of hydrogen-bond acceptors (Lipinski definition) is 0. The highest BCUT2D eigenvalue weighted by atomic mass is 15.0. The van der Waals surface area contributed by atoms with E-state index >= 15 is 0 Å². The fourth-order valence-electron chi connectivity index (χ4n) is 7.55. The van der Waals surface area contributed by atoms with E-state index < -0.39 is 0 Å². The molecule has 10 aromatic rings. The van der Waals surface area contributed by atoms with Crippen LogP contribution >= 0.6 is 0 Å². The molecule has 0 aliphatic heterocycles. The summed E-state index contributed by atoms with van der Waals surface area (Å²) < 4.78 is 4.89. The molecular weight excluding hydrogens is 556 g/mol. The molecule has 0 saturated heterocycles. The van der Waals surface area contributed by atoms with E-state index in [-0.39, 0.29) is 0 Å². The second-order valence-corrected chi connectivity index (χ2v) is 12.2. The molecule has 2 heteroatoms. The van der Waals surface area contributed by atoms with Crippen molar-refractivity contribution < 1.29 is 0 Å². The standard InChI is InChI=1S/C44H28N2/c1-2-10-29(11-3-1)31-18-22-34(23-19-31)45-40-17-9-8-16-37(40)38-27-39-43(28-42(38)45)46(35-24-20-30-12-4-5-14-33(30)26-35)41-25-21-32-13-6-7-15-36(32)44(39)41/h1-28H. The van der Waals surface area contributed by atoms with E-state index in [0.29, 0.717) is 0 Å². The number of aromatic nitrogens is 2. The minimum atomic E-state index is 1.16. The molecule has 2 heterocycles. The monoisotopic (exact) mass is 584 g/mol. The van der Waals surface area contributed by atoms with Gasteiger partial charge in [0.15, 0.2) is 0 Å². The Bertz CT molecular complexity index is 2780. The average molecular weight is 585 g/mol. The highest BCUT2D eigenvalue weighted by Gasteiger charge is 2.20. The van der Waals surface area contributed by atoms with Crippen LogP contribution in [-0.2, 0) is 0 Å². The van der Waals surface area contributed by atoms with Crippen LogP contribution in [0.5, 0.6) is 0 Å². The lowest BCUT2D eigenvalue weighted by Gasteiger charge is -2.11. The molecule has 8 aromatic carbocycles. The maximum Gasteiger partial charge on any atom is 0.0562 e. The minimum Gasteiger partial charge on any atom is -0.309 e. The summed E-state index contributed by atoms with van der Waals surface area (Å²) in [5.74, 6) is 0. The molecule has 2 aromatic heterocycles. The first kappa shape index (κ1) is 25.2. The van der Waals surface area contributed by atoms with Crippen LogP contribution in [0.2, 0.25) is 0 Å². The van der Waals surface area contributed by atoms with Gasteiger partial charge in [0.05, 0.1) is 22.1 Å². The van der Waals surface area contributed by atoms with Crippen LogP contribution in [0.3, 0.4) is 0 Å². The third kappa shape index (κ3) is 3.65. The number of para-hydroxylation sites is 1. The van der Waals surface area contributed by atoms with Gasteiger partial charge in [0.25, 0.3) is 0 Å². The van der Waals surface area contributed by atoms with Gasteiger partial charge < -0.3 is 9.13 Å². The van der Waals surface area contributed by atoms with Gasteiger partial charge in [0, 0.05) is 32.9 Å². The Morgan fingerprint density at radius 1 is 0.283 bits per heavy atom. The lowest BCUT2D eigenvalue weighted by Crippen LogP contribution is -1.96. The van der Waals surface area contributed by atoms with E-state index in [2.05, 4.69) is 179 Å². The van der Waals surface area contributed by atoms with Gasteiger partial charge in [0.2, 0.25) is 0 Å². The highest BCUT2D eigenvalue weighted by molar-refractivity contribution is 6.25. The normalized spacial score (nSPS) is 11.9. The predicted molar refractivity (Wildman–Crippen MR) is 196 cm³/mol. The summed E-state index contributed by atoms with van der Waals surface area (Å²) in [6.07, 6.45) is 0. The van der Waals surface area contributed by atoms with Gasteiger partial charge in [-0.3, -0.25) is 0 Å². The van der Waals surface area contributed by atoms with Crippen molar-refractivity contribution in [3.63, 3.8) is 0 Å². The molecule has 0 amide bonds. The van der Waals surface area contributed by atoms with E-state index in [1.54, 1.807) is 0 Å². The maximum atomic E-state index is 2.46. The van der Waals surface area contributed by atoms with Crippen LogP contribution in [-0.4, -0.2) is 9.13 Å². The zero-order valence-corrected chi connectivity index (χ0v) is 25.1. The molecule has 0 spiro atoms. The van der Waals surface area contributed by atoms with Gasteiger partial charge in [-0.1, -0.05) is 121 Å². The van der Waals surface area contributed by atoms with Crippen molar-refractivity contribution >= 4 is 65.2 Å². The number of fused-ring (bicyclic) bond motifs is 9. The summed E-state index contributed by atoms with van der Waals surface area (Å²) in [4.78, 5) is 0. The number of rotatable bonds is 3. The van der Waals surface area contributed by atoms with Gasteiger partial charge in [0.1, 0.15) is 0 Å². The van der Waals surface area contributed by atoms with Crippen LogP contribution < -0.4 is 0 Å². The Morgan fingerprint density at radius 3 is 1.74 bits per heavy atom. The fraction of sp³-hybridized carbons (Fsp3) is 0. The third-order valence-electron chi connectivity index (χ3n) is 9.67. The Balaban J connectivity index is 1.32. The second-order valence-electron chi connectivity index (χ2n) is 12.2. The molecule has 0 radical (unpaired) electrons. The number of hydrogen-bond donors (Lipinski definition) is 0. The molecule has 0 fully saturated rings. The SMILES string of the molecule is c1ccc(-c2ccc(-n3c4ccccc4c4cc5c6c7ccccc7ccc6n(-c6ccc7ccccc7c6)c5cc43)cc2)cc1. The molecule has 0 aliphatic carbocycles. The van der Waals surface area contributed by atoms with Gasteiger partial charge >= 0.3 is 0 Å². The Kier molecular flexibility index (Phi) is 5.31. The second kappa shape index (κ2) is 9.69. The van der Waals surface area contributed by atoms with E-state index in [9.17, 15) is 0 Å². The first-order chi connectivity index (χ1) is 22.8. The van der Waals surface area contributed by atoms with E-state index in [4.69, 9.17) is 0 Å². The minimum absolute atomic E-state index is 1.16. The maximum absolute atomic E-state index is 2.46. The smallest absolute Gasteiger partial charge is 0.0562 e. The molecular formula is C44H28N2. The van der Waals surface area contributed by atoms with Gasteiger partial charge in [-0.25, -0.2) is 0 Å². The van der Waals surface area contributed by atoms with Crippen molar-refractivity contribution in [3.05, 3.63) is 170 Å². The summed E-state index contributed by atoms with van der Waals surface area (Å²) in [7, 11) is 0. The van der Waals surface area contributed by atoms with Crippen molar-refractivity contribution in [1.29, 1.82) is 0 Å². The topological polar surface area (TPSA) is 9.86 Å². The van der Waals surface area contributed by atoms with Crippen LogP contribution in [0, 0.1) is 0 Å². The molecule has 0 saturated carbocycles. The molecule has 0 atom stereocenters. The fourth-order valence-corrected chi connectivity index (χ4v) is 7.55. The summed E-state index contributed by atoms with van der Waals surface area (Å²) in [5.41, 5.74) is 9.62. The highest BCUT2D eigenvalue weighted by Crippen LogP contribution is 2.42. The molecule has 0 unspecified atom stereocenters. The Hall–Kier alpha value is -6.12. The van der Waals surface area contributed by atoms with Crippen LogP contribution in [0.25, 0.3) is 87.7 Å². The number of nitrogens with zero attached hydrogens (tertiary/aromatic N) is 2. The molecule has 0 aliphatic rings. The molecule has 10 rings (SSSR count). The number of benzene rings is 8. The zero-order chi connectivity index (χ0) is 30.2. The first-order valence-electron chi connectivity index (χ1n) is 15.9. The van der Waals surface area contributed by atoms with E-state index in [1.165, 1.54) is 82.0 Å². The van der Waals surface area contributed by atoms with Crippen LogP contribution in [0.15, 0.2) is 170 Å². The summed E-state index contributed by atoms with van der Waals surface area (Å²) in [5, 5.41) is 10.1. The molecule has 214 valence electrons. The third-order valence-corrected chi connectivity index (χ3v) is 9.67. The largest absolute Gasteiger partial charge is 0.309 e. The van der Waals surface area contributed by atoms with Crippen molar-refractivity contribution in [3.8, 4) is 22.5 Å². The lowest BCUT2D eigenvalue weighted by molar-refractivity contribution is 1.17. The van der Waals surface area contributed by atoms with Gasteiger partial charge in [-0.2, -0.15) is 0 Å². The van der Waals surface area contributed by atoms with Crippen molar-refractivity contribution in [2.45, 2.75) is 0 Å². The van der Waals surface area contributed by atoms with Gasteiger partial charge in [-0.15, -0.1) is 0 Å². The summed E-state index contributed by atoms with van der Waals surface area (Å²) in [6, 6.07) is 62.0. The Labute approximate surface area is 266 Å². The Morgan fingerprint density at radius 2 is 0.891 bits per heavy atom. The molecule has 0 bridgehead atoms. The van der Waals surface area contributed by atoms with E-state index in [0.717, 1.165) is 5.69 Å². The molecule has 0 N–H and O–H groups in total. The lowest BCUT2D eigenvalue weighted by atomic mass is 10.0. The predicted octanol–water partition coefficient (Wildman–Crippen LogP) is 11.9. The average Bonchev–Trinajstić information content (AvgIpc) is 3.63. The summed E-state index contributed by atoms with van der Waals surface area (Å²) >= 11 is 0. The van der Waals surface area contributed by atoms with Crippen molar-refractivity contribution in [1.82, 2.24) is 9.13 Å². The van der Waals surface area contributed by atoms with Crippen LogP contribution in [0.1, 0.15) is 0 Å². The summed E-state index contributed by atoms with van der Waals surface area (Å²) in [6.45, 7) is 0. The zero-order valence-electron chi connectivity index (χ0n) is 25.1. The molecule has 2 nitrogen and oxygen atoms in total. The van der Waals surface area contributed by atoms with Crippen LogP contribution in [0.4, 0.5) is 0 Å². The molecule has 46 heavy (non-hydrogen) atoms. The van der Waals surface area contributed by atoms with Gasteiger partial charge in [-0.05, 0) is 81.2 Å². The quantitative estimate of drug-likeness (QED) is 0.195. The van der Waals surface area contributed by atoms with Crippen molar-refractivity contribution in [2.75, 3.05) is 0 Å². The first-order valence-corrected chi connectivity index (χ1v) is 15.9.